The monoisotopic (exact) mass is 388 g/mol. The van der Waals surface area contributed by atoms with Gasteiger partial charge < -0.3 is 14.7 Å². The molecule has 28 heavy (non-hydrogen) atoms. The van der Waals surface area contributed by atoms with Crippen LogP contribution < -0.4 is 9.64 Å². The third kappa shape index (κ3) is 5.97. The van der Waals surface area contributed by atoms with Crippen molar-refractivity contribution in [2.75, 3.05) is 13.2 Å². The van der Waals surface area contributed by atoms with Gasteiger partial charge in [-0.25, -0.2) is 0 Å². The average Bonchev–Trinajstić information content (AvgIpc) is 2.71. The minimum absolute atomic E-state index is 0.385. The van der Waals surface area contributed by atoms with E-state index in [0.29, 0.717) is 12.5 Å². The largest absolute Gasteiger partial charge is 0.491 e. The lowest BCUT2D eigenvalue weighted by Gasteiger charge is -2.39. The van der Waals surface area contributed by atoms with Crippen molar-refractivity contribution >= 4 is 0 Å². The number of benzene rings is 1. The molecule has 2 N–H and O–H groups in total. The summed E-state index contributed by atoms with van der Waals surface area (Å²) < 4.78 is 6.00. The van der Waals surface area contributed by atoms with E-state index in [1.807, 2.05) is 0 Å². The molecule has 0 saturated heterocycles. The molecule has 0 aliphatic heterocycles. The number of aryl methyl sites for hydroxylation is 1. The molecule has 2 aliphatic carbocycles. The van der Waals surface area contributed by atoms with E-state index in [1.165, 1.54) is 75.3 Å². The Morgan fingerprint density at radius 1 is 0.964 bits per heavy atom. The fourth-order valence-electron chi connectivity index (χ4n) is 5.52. The topological polar surface area (TPSA) is 33.9 Å². The van der Waals surface area contributed by atoms with E-state index < -0.39 is 0 Å². The molecule has 0 unspecified atom stereocenters. The fraction of sp³-hybridized carbons (Fsp3) is 0.760. The molecule has 0 amide bonds. The quantitative estimate of drug-likeness (QED) is 0.692. The summed E-state index contributed by atoms with van der Waals surface area (Å²) in [6, 6.07) is 7.85. The third-order valence-corrected chi connectivity index (χ3v) is 7.04. The zero-order valence-electron chi connectivity index (χ0n) is 18.4. The molecule has 0 aromatic heterocycles. The Balaban J connectivity index is 1.56. The molecule has 0 bridgehead atoms. The second kappa shape index (κ2) is 10.6. The summed E-state index contributed by atoms with van der Waals surface area (Å²) in [7, 11) is 0. The van der Waals surface area contributed by atoms with Gasteiger partial charge in [-0.1, -0.05) is 32.8 Å². The minimum Gasteiger partial charge on any atom is -0.491 e. The molecule has 3 rings (SSSR count). The molecule has 2 aliphatic rings. The van der Waals surface area contributed by atoms with Crippen LogP contribution in [0.5, 0.6) is 5.75 Å². The molecule has 158 valence electrons. The Labute approximate surface area is 172 Å². The summed E-state index contributed by atoms with van der Waals surface area (Å²) in [6.07, 6.45) is 13.3. The Morgan fingerprint density at radius 3 is 2.04 bits per heavy atom. The minimum atomic E-state index is -0.385. The first-order chi connectivity index (χ1) is 13.5. The Bertz CT molecular complexity index is 570. The normalized spacial score (nSPS) is 20.6. The Kier molecular flexibility index (Phi) is 8.23. The second-order valence-corrected chi connectivity index (χ2v) is 9.59. The van der Waals surface area contributed by atoms with Crippen molar-refractivity contribution in [3.05, 3.63) is 29.3 Å². The lowest BCUT2D eigenvalue weighted by molar-refractivity contribution is -0.955. The second-order valence-electron chi connectivity index (χ2n) is 9.59. The summed E-state index contributed by atoms with van der Waals surface area (Å²) in [4.78, 5) is 1.68. The van der Waals surface area contributed by atoms with Gasteiger partial charge in [-0.3, -0.25) is 0 Å². The van der Waals surface area contributed by atoms with Gasteiger partial charge in [0.1, 0.15) is 25.0 Å². The van der Waals surface area contributed by atoms with E-state index in [0.717, 1.165) is 24.4 Å². The van der Waals surface area contributed by atoms with E-state index >= 15 is 0 Å². The molecule has 0 spiro atoms. The molecule has 3 nitrogen and oxygen atoms in total. The highest BCUT2D eigenvalue weighted by Gasteiger charge is 2.33. The summed E-state index contributed by atoms with van der Waals surface area (Å²) in [5.74, 6) is 1.42. The molecule has 3 heteroatoms. The third-order valence-electron chi connectivity index (χ3n) is 7.04. The molecule has 0 radical (unpaired) electrons. The van der Waals surface area contributed by atoms with Crippen molar-refractivity contribution in [2.24, 2.45) is 0 Å². The summed E-state index contributed by atoms with van der Waals surface area (Å²) in [5, 5.41) is 10.8. The standard InChI is InChI=1S/C25H41NO2/c1-19(2)25-15-14-24(16-20(25)3)28-18-23(27)17-26(21-10-6-4-7-11-21)22-12-8-5-9-13-22/h14-16,19,21-23,27H,4-13,17-18H2,1-3H3/p+1/t23-/m0/s1. The summed E-state index contributed by atoms with van der Waals surface area (Å²) in [6.45, 7) is 7.85. The lowest BCUT2D eigenvalue weighted by atomic mass is 9.88. The number of nitrogens with one attached hydrogen (secondary N) is 1. The van der Waals surface area contributed by atoms with Gasteiger partial charge in [0.15, 0.2) is 0 Å². The predicted molar refractivity (Wildman–Crippen MR) is 116 cm³/mol. The number of aliphatic hydroxyl groups excluding tert-OH is 1. The van der Waals surface area contributed by atoms with Gasteiger partial charge in [-0.2, -0.15) is 0 Å². The van der Waals surface area contributed by atoms with Crippen LogP contribution in [0.2, 0.25) is 0 Å². The van der Waals surface area contributed by atoms with Gasteiger partial charge in [0.25, 0.3) is 0 Å². The average molecular weight is 389 g/mol. The van der Waals surface area contributed by atoms with Crippen molar-refractivity contribution in [1.82, 2.24) is 0 Å². The highest BCUT2D eigenvalue weighted by molar-refractivity contribution is 5.36. The van der Waals surface area contributed by atoms with Crippen molar-refractivity contribution < 1.29 is 14.7 Å². The van der Waals surface area contributed by atoms with Crippen LogP contribution in [0.4, 0.5) is 0 Å². The van der Waals surface area contributed by atoms with Gasteiger partial charge in [0.05, 0.1) is 12.1 Å². The Hall–Kier alpha value is -1.06. The van der Waals surface area contributed by atoms with Crippen LogP contribution >= 0.6 is 0 Å². The first kappa shape index (κ1) is 21.6. The van der Waals surface area contributed by atoms with Crippen LogP contribution in [0.15, 0.2) is 18.2 Å². The molecule has 2 fully saturated rings. The van der Waals surface area contributed by atoms with Crippen LogP contribution in [0.1, 0.15) is 95.1 Å². The van der Waals surface area contributed by atoms with Gasteiger partial charge in [0, 0.05) is 0 Å². The first-order valence-corrected chi connectivity index (χ1v) is 11.8. The molecular weight excluding hydrogens is 346 g/mol. The van der Waals surface area contributed by atoms with Gasteiger partial charge >= 0.3 is 0 Å². The van der Waals surface area contributed by atoms with Crippen LogP contribution in [0.25, 0.3) is 0 Å². The molecule has 0 heterocycles. The van der Waals surface area contributed by atoms with Crippen molar-refractivity contribution in [2.45, 2.75) is 109 Å². The lowest BCUT2D eigenvalue weighted by Crippen LogP contribution is -3.20. The zero-order chi connectivity index (χ0) is 19.9. The zero-order valence-corrected chi connectivity index (χ0v) is 18.4. The SMILES string of the molecule is Cc1cc(OC[C@@H](O)C[NH+](C2CCCCC2)C2CCCCC2)ccc1C(C)C. The molecule has 1 aromatic carbocycles. The van der Waals surface area contributed by atoms with Crippen molar-refractivity contribution in [3.8, 4) is 5.75 Å². The smallest absolute Gasteiger partial charge is 0.137 e. The maximum atomic E-state index is 10.8. The molecule has 1 atom stereocenters. The fourth-order valence-corrected chi connectivity index (χ4v) is 5.52. The number of quaternary nitrogens is 1. The summed E-state index contributed by atoms with van der Waals surface area (Å²) >= 11 is 0. The van der Waals surface area contributed by atoms with Crippen molar-refractivity contribution in [1.29, 1.82) is 0 Å². The maximum absolute atomic E-state index is 10.8. The molecular formula is C25H42NO2+. The van der Waals surface area contributed by atoms with E-state index in [-0.39, 0.29) is 6.10 Å². The molecule has 2 saturated carbocycles. The van der Waals surface area contributed by atoms with E-state index in [4.69, 9.17) is 4.74 Å². The van der Waals surface area contributed by atoms with Gasteiger partial charge in [-0.15, -0.1) is 0 Å². The predicted octanol–water partition coefficient (Wildman–Crippen LogP) is 4.41. The van der Waals surface area contributed by atoms with Gasteiger partial charge in [0.2, 0.25) is 0 Å². The number of hydrogen-bond donors (Lipinski definition) is 2. The van der Waals surface area contributed by atoms with Crippen LogP contribution in [-0.4, -0.2) is 36.4 Å². The van der Waals surface area contributed by atoms with Crippen LogP contribution in [-0.2, 0) is 0 Å². The first-order valence-electron chi connectivity index (χ1n) is 11.8. The number of rotatable bonds is 8. The van der Waals surface area contributed by atoms with Gasteiger partial charge in [-0.05, 0) is 87.5 Å². The summed E-state index contributed by atoms with van der Waals surface area (Å²) in [5.41, 5.74) is 2.65. The number of aliphatic hydroxyl groups is 1. The van der Waals surface area contributed by atoms with Crippen LogP contribution in [0.3, 0.4) is 0 Å². The van der Waals surface area contributed by atoms with E-state index in [1.54, 1.807) is 4.90 Å². The maximum Gasteiger partial charge on any atom is 0.137 e. The Morgan fingerprint density at radius 2 is 1.54 bits per heavy atom. The molecule has 1 aromatic rings. The number of hydrogen-bond acceptors (Lipinski definition) is 2. The highest BCUT2D eigenvalue weighted by atomic mass is 16.5. The van der Waals surface area contributed by atoms with Crippen molar-refractivity contribution in [3.63, 3.8) is 0 Å². The van der Waals surface area contributed by atoms with E-state index in [2.05, 4.69) is 39.0 Å². The number of ether oxygens (including phenoxy) is 1. The van der Waals surface area contributed by atoms with E-state index in [9.17, 15) is 5.11 Å². The van der Waals surface area contributed by atoms with Crippen LogP contribution in [0, 0.1) is 6.92 Å². The highest BCUT2D eigenvalue weighted by Crippen LogP contribution is 2.24.